The monoisotopic (exact) mass is 628 g/mol. The SMILES string of the molecule is COc1ccc(S(=O)(=O)n2c(=O)n(C(C(=O)N3CCCC(N4CCN(C)CC4)C3)c3ccccc3)c3cc(C#N)ccc32)cc1. The molecule has 6 rings (SSSR count). The fraction of sp³-hybridized carbons (Fsp3) is 0.364. The molecule has 1 aromatic heterocycles. The lowest BCUT2D eigenvalue weighted by Crippen LogP contribution is -2.56. The molecule has 0 bridgehead atoms. The van der Waals surface area contributed by atoms with Crippen LogP contribution in [0.3, 0.4) is 0 Å². The van der Waals surface area contributed by atoms with Crippen LogP contribution < -0.4 is 10.4 Å². The Hall–Kier alpha value is -4.44. The second-order valence-electron chi connectivity index (χ2n) is 11.6. The molecule has 3 aromatic carbocycles. The molecule has 0 aliphatic carbocycles. The van der Waals surface area contributed by atoms with Crippen LogP contribution in [0.2, 0.25) is 0 Å². The van der Waals surface area contributed by atoms with Crippen LogP contribution in [0.4, 0.5) is 0 Å². The van der Waals surface area contributed by atoms with E-state index in [1.807, 2.05) is 11.0 Å². The molecule has 1 amide bonds. The number of carbonyl (C=O) groups is 1. The van der Waals surface area contributed by atoms with Gasteiger partial charge in [-0.05, 0) is 67.9 Å². The number of ether oxygens (including phenoxy) is 1. The lowest BCUT2D eigenvalue weighted by molar-refractivity contribution is -0.136. The first-order valence-electron chi connectivity index (χ1n) is 15.1. The fourth-order valence-electron chi connectivity index (χ4n) is 6.45. The number of amides is 1. The smallest absolute Gasteiger partial charge is 0.344 e. The zero-order valence-corrected chi connectivity index (χ0v) is 26.2. The molecule has 12 heteroatoms. The fourth-order valence-corrected chi connectivity index (χ4v) is 7.84. The van der Waals surface area contributed by atoms with Gasteiger partial charge >= 0.3 is 5.69 Å². The van der Waals surface area contributed by atoms with Crippen molar-refractivity contribution >= 4 is 27.0 Å². The van der Waals surface area contributed by atoms with Crippen LogP contribution in [0, 0.1) is 11.3 Å². The number of nitrogens with zero attached hydrogens (tertiary/aromatic N) is 6. The Morgan fingerprint density at radius 2 is 1.67 bits per heavy atom. The van der Waals surface area contributed by atoms with E-state index in [4.69, 9.17) is 4.74 Å². The van der Waals surface area contributed by atoms with Crippen molar-refractivity contribution in [2.75, 3.05) is 53.4 Å². The molecule has 11 nitrogen and oxygen atoms in total. The van der Waals surface area contributed by atoms with Gasteiger partial charge in [0.05, 0.1) is 34.7 Å². The van der Waals surface area contributed by atoms with Crippen LogP contribution >= 0.6 is 0 Å². The van der Waals surface area contributed by atoms with Crippen LogP contribution in [0.5, 0.6) is 5.75 Å². The van der Waals surface area contributed by atoms with Crippen LogP contribution in [-0.2, 0) is 14.8 Å². The van der Waals surface area contributed by atoms with Gasteiger partial charge < -0.3 is 14.5 Å². The number of fused-ring (bicyclic) bond motifs is 1. The summed E-state index contributed by atoms with van der Waals surface area (Å²) in [5.41, 5.74) is 0.173. The Kier molecular flexibility index (Phi) is 8.50. The van der Waals surface area contributed by atoms with Crippen molar-refractivity contribution in [3.63, 3.8) is 0 Å². The second-order valence-corrected chi connectivity index (χ2v) is 13.4. The van der Waals surface area contributed by atoms with Gasteiger partial charge in [-0.1, -0.05) is 30.3 Å². The highest BCUT2D eigenvalue weighted by Crippen LogP contribution is 2.30. The van der Waals surface area contributed by atoms with Gasteiger partial charge in [0.2, 0.25) is 0 Å². The van der Waals surface area contributed by atoms with E-state index in [-0.39, 0.29) is 33.4 Å². The maximum absolute atomic E-state index is 14.6. The zero-order valence-electron chi connectivity index (χ0n) is 25.4. The molecule has 2 saturated heterocycles. The summed E-state index contributed by atoms with van der Waals surface area (Å²) in [6, 6.07) is 20.2. The van der Waals surface area contributed by atoms with E-state index in [0.29, 0.717) is 24.4 Å². The first-order valence-corrected chi connectivity index (χ1v) is 16.5. The average molecular weight is 629 g/mol. The predicted molar refractivity (Wildman–Crippen MR) is 170 cm³/mol. The van der Waals surface area contributed by atoms with Crippen LogP contribution in [0.1, 0.15) is 30.0 Å². The van der Waals surface area contributed by atoms with Crippen molar-refractivity contribution in [3.8, 4) is 11.8 Å². The summed E-state index contributed by atoms with van der Waals surface area (Å²) < 4.78 is 35.3. The Morgan fingerprint density at radius 1 is 0.956 bits per heavy atom. The van der Waals surface area contributed by atoms with Gasteiger partial charge in [-0.3, -0.25) is 14.3 Å². The maximum Gasteiger partial charge on any atom is 0.344 e. The molecule has 2 unspecified atom stereocenters. The highest BCUT2D eigenvalue weighted by atomic mass is 32.2. The largest absolute Gasteiger partial charge is 0.497 e. The highest BCUT2D eigenvalue weighted by Gasteiger charge is 2.37. The average Bonchev–Trinajstić information content (AvgIpc) is 3.37. The number of piperidine rings is 1. The number of benzene rings is 3. The summed E-state index contributed by atoms with van der Waals surface area (Å²) in [4.78, 5) is 35.5. The van der Waals surface area contributed by atoms with Crippen LogP contribution in [-0.4, -0.2) is 97.0 Å². The molecule has 0 N–H and O–H groups in total. The molecule has 0 saturated carbocycles. The van der Waals surface area contributed by atoms with E-state index in [2.05, 4.69) is 22.9 Å². The molecule has 2 aliphatic rings. The number of hydrogen-bond acceptors (Lipinski definition) is 8. The summed E-state index contributed by atoms with van der Waals surface area (Å²) >= 11 is 0. The number of methoxy groups -OCH3 is 1. The first-order chi connectivity index (χ1) is 21.7. The minimum atomic E-state index is -4.40. The molecular formula is C33H36N6O5S. The van der Waals surface area contributed by atoms with Gasteiger partial charge in [0, 0.05) is 45.3 Å². The van der Waals surface area contributed by atoms with E-state index < -0.39 is 21.8 Å². The molecule has 2 atom stereocenters. The third-order valence-electron chi connectivity index (χ3n) is 8.93. The van der Waals surface area contributed by atoms with Crippen molar-refractivity contribution in [2.24, 2.45) is 0 Å². The minimum absolute atomic E-state index is 0.0810. The summed E-state index contributed by atoms with van der Waals surface area (Å²) in [5, 5.41) is 9.73. The maximum atomic E-state index is 14.6. The first kappa shape index (κ1) is 30.6. The minimum Gasteiger partial charge on any atom is -0.497 e. The second kappa shape index (κ2) is 12.5. The van der Waals surface area contributed by atoms with Gasteiger partial charge in [-0.15, -0.1) is 0 Å². The quantitative estimate of drug-likeness (QED) is 0.307. The van der Waals surface area contributed by atoms with Gasteiger partial charge in [0.25, 0.3) is 15.9 Å². The van der Waals surface area contributed by atoms with Crippen LogP contribution in [0.15, 0.2) is 82.5 Å². The number of rotatable bonds is 7. The lowest BCUT2D eigenvalue weighted by Gasteiger charge is -2.43. The highest BCUT2D eigenvalue weighted by molar-refractivity contribution is 7.90. The topological polar surface area (TPSA) is 121 Å². The van der Waals surface area contributed by atoms with Gasteiger partial charge in [-0.25, -0.2) is 13.2 Å². The number of hydrogen-bond donors (Lipinski definition) is 0. The molecule has 0 spiro atoms. The standard InChI is InChI=1S/C33H36N6O5S/c1-35-17-19-36(20-18-35)26-9-6-16-37(23-26)32(40)31(25-7-4-3-5-8-25)38-30-21-24(22-34)10-15-29(30)39(33(38)41)45(42,43)28-13-11-27(44-2)12-14-28/h3-5,7-8,10-15,21,26,31H,6,9,16-20,23H2,1-2H3. The number of aromatic nitrogens is 2. The molecular weight excluding hydrogens is 592 g/mol. The van der Waals surface area contributed by atoms with Crippen molar-refractivity contribution in [1.82, 2.24) is 23.2 Å². The van der Waals surface area contributed by atoms with Gasteiger partial charge in [0.1, 0.15) is 11.8 Å². The summed E-state index contributed by atoms with van der Waals surface area (Å²) in [7, 11) is -0.817. The Balaban J connectivity index is 1.49. The molecule has 3 heterocycles. The molecule has 2 fully saturated rings. The Labute approximate surface area is 262 Å². The number of nitriles is 1. The summed E-state index contributed by atoms with van der Waals surface area (Å²) in [6.07, 6.45) is 1.81. The normalized spacial score (nSPS) is 18.9. The van der Waals surface area contributed by atoms with Crippen LogP contribution in [0.25, 0.3) is 11.0 Å². The third kappa shape index (κ3) is 5.75. The van der Waals surface area contributed by atoms with Crippen molar-refractivity contribution in [3.05, 3.63) is 94.4 Å². The number of likely N-dealkylation sites (tertiary alicyclic amines) is 1. The van der Waals surface area contributed by atoms with E-state index >= 15 is 0 Å². The summed E-state index contributed by atoms with van der Waals surface area (Å²) in [5.74, 6) is 0.180. The van der Waals surface area contributed by atoms with E-state index in [9.17, 15) is 23.3 Å². The number of likely N-dealkylation sites (N-methyl/N-ethyl adjacent to an activating group) is 1. The van der Waals surface area contributed by atoms with Gasteiger partial charge in [-0.2, -0.15) is 9.23 Å². The van der Waals surface area contributed by atoms with E-state index in [1.54, 1.807) is 24.3 Å². The lowest BCUT2D eigenvalue weighted by atomic mass is 9.99. The molecule has 4 aromatic rings. The predicted octanol–water partition coefficient (Wildman–Crippen LogP) is 2.75. The van der Waals surface area contributed by atoms with Crippen molar-refractivity contribution in [2.45, 2.75) is 29.8 Å². The van der Waals surface area contributed by atoms with Crippen molar-refractivity contribution < 1.29 is 17.9 Å². The molecule has 2 aliphatic heterocycles. The van der Waals surface area contributed by atoms with Gasteiger partial charge in [0.15, 0.2) is 0 Å². The molecule has 234 valence electrons. The third-order valence-corrected chi connectivity index (χ3v) is 10.6. The number of imidazole rings is 1. The van der Waals surface area contributed by atoms with Crippen molar-refractivity contribution in [1.29, 1.82) is 5.26 Å². The van der Waals surface area contributed by atoms with E-state index in [0.717, 1.165) is 43.0 Å². The number of piperazine rings is 1. The number of carbonyl (C=O) groups excluding carboxylic acids is 1. The Bertz CT molecular complexity index is 1910. The Morgan fingerprint density at radius 3 is 2.33 bits per heavy atom. The summed E-state index contributed by atoms with van der Waals surface area (Å²) in [6.45, 7) is 4.85. The van der Waals surface area contributed by atoms with E-state index in [1.165, 1.54) is 54.1 Å². The zero-order chi connectivity index (χ0) is 31.7. The molecule has 0 radical (unpaired) electrons. The molecule has 45 heavy (non-hydrogen) atoms.